The van der Waals surface area contributed by atoms with Crippen molar-refractivity contribution >= 4 is 87.2 Å². The predicted octanol–water partition coefficient (Wildman–Crippen LogP) is 18.4. The molecule has 0 bridgehead atoms. The van der Waals surface area contributed by atoms with E-state index in [9.17, 15) is 0 Å². The predicted molar refractivity (Wildman–Crippen MR) is 323 cm³/mol. The molecule has 0 saturated carbocycles. The molecule has 0 unspecified atom stereocenters. The van der Waals surface area contributed by atoms with Crippen LogP contribution in [0.4, 0.5) is 0 Å². The maximum absolute atomic E-state index is 5.68. The van der Waals surface area contributed by atoms with Gasteiger partial charge in [-0.2, -0.15) is 0 Å². The highest BCUT2D eigenvalue weighted by Gasteiger charge is 2.36. The van der Waals surface area contributed by atoms with Crippen molar-refractivity contribution in [2.24, 2.45) is 0 Å². The number of rotatable bonds is 6. The molecule has 0 atom stereocenters. The lowest BCUT2D eigenvalue weighted by atomic mass is 9.89. The minimum Gasteiger partial charge on any atom is -0.306 e. The average molecular weight is 991 g/mol. The van der Waals surface area contributed by atoms with E-state index < -0.39 is 0 Å². The molecule has 0 amide bonds. The second kappa shape index (κ2) is 16.7. The van der Waals surface area contributed by atoms with Gasteiger partial charge < -0.3 is 18.3 Å². The van der Waals surface area contributed by atoms with Gasteiger partial charge in [0.1, 0.15) is 0 Å². The standard InChI is InChI=1S/C71H54N6/c1-41-27-33-62-53(37-41)49-18-8-12-23-58(49)74(62)68-66(48-32-31-46(6)72-47(48)7)67(57-22-16-17-45(5)73-57)69(75-59-24-13-9-19-50(59)54-38-42(2)28-34-63(54)75)71(77-61-26-15-11-21-52(61)56-40-44(4)30-36-65(56)77)70(68)76-60-25-14-10-20-51(60)55-39-43(3)29-35-64(55)76/h8-40H,1-7H3. The van der Waals surface area contributed by atoms with Gasteiger partial charge in [0, 0.05) is 76.9 Å². The summed E-state index contributed by atoms with van der Waals surface area (Å²) in [5.41, 5.74) is 24.6. The van der Waals surface area contributed by atoms with Crippen LogP contribution >= 0.6 is 0 Å². The Morgan fingerprint density at radius 3 is 0.974 bits per heavy atom. The maximum atomic E-state index is 5.68. The van der Waals surface area contributed by atoms with Crippen molar-refractivity contribution in [3.05, 3.63) is 240 Å². The molecule has 0 aliphatic carbocycles. The molecule has 6 nitrogen and oxygen atoms in total. The largest absolute Gasteiger partial charge is 0.306 e. The molecule has 0 fully saturated rings. The summed E-state index contributed by atoms with van der Waals surface area (Å²) in [6, 6.07) is 74.9. The molecule has 15 aromatic rings. The summed E-state index contributed by atoms with van der Waals surface area (Å²) in [6.45, 7) is 15.2. The molecule has 0 saturated heterocycles. The van der Waals surface area contributed by atoms with E-state index in [0.717, 1.165) is 106 Å². The summed E-state index contributed by atoms with van der Waals surface area (Å²) < 4.78 is 10.4. The first-order valence-corrected chi connectivity index (χ1v) is 26.7. The third-order valence-corrected chi connectivity index (χ3v) is 16.2. The fraction of sp³-hybridized carbons (Fsp3) is 0.0986. The molecule has 0 spiro atoms. The van der Waals surface area contributed by atoms with Gasteiger partial charge in [-0.1, -0.05) is 131 Å². The molecule has 0 N–H and O–H groups in total. The van der Waals surface area contributed by atoms with E-state index >= 15 is 0 Å². The minimum absolute atomic E-state index is 0.869. The molecule has 6 heterocycles. The van der Waals surface area contributed by atoms with Gasteiger partial charge in [0.05, 0.1) is 72.6 Å². The van der Waals surface area contributed by atoms with E-state index in [1.165, 1.54) is 65.3 Å². The molecule has 15 rings (SSSR count). The SMILES string of the molecule is Cc1ccc2c(c1)c1ccccc1n2-c1c(-c2cccc(C)n2)c(-c2ccc(C)nc2C)c(-n2c3ccccc3c3cc(C)ccc32)c(-n2c3ccccc3c3cc(C)ccc32)c1-n1c2ccccc2c2cc(C)ccc21. The summed E-state index contributed by atoms with van der Waals surface area (Å²) in [5.74, 6) is 0. The zero-order valence-electron chi connectivity index (χ0n) is 44.2. The number of fused-ring (bicyclic) bond motifs is 12. The Labute approximate surface area is 446 Å². The second-order valence-corrected chi connectivity index (χ2v) is 21.4. The Hall–Kier alpha value is -9.52. The molecule has 6 aromatic heterocycles. The number of aryl methyl sites for hydroxylation is 7. The molecule has 9 aromatic carbocycles. The highest BCUT2D eigenvalue weighted by Crippen LogP contribution is 2.55. The van der Waals surface area contributed by atoms with E-state index in [1.807, 2.05) is 0 Å². The lowest BCUT2D eigenvalue weighted by Crippen LogP contribution is -2.17. The van der Waals surface area contributed by atoms with Crippen molar-refractivity contribution < 1.29 is 0 Å². The van der Waals surface area contributed by atoms with Crippen LogP contribution in [0.2, 0.25) is 0 Å². The number of pyridine rings is 2. The van der Waals surface area contributed by atoms with Gasteiger partial charge >= 0.3 is 0 Å². The molecule has 0 radical (unpaired) electrons. The molecular formula is C71H54N6. The van der Waals surface area contributed by atoms with Gasteiger partial charge in [-0.05, 0) is 139 Å². The fourth-order valence-corrected chi connectivity index (χ4v) is 13.0. The highest BCUT2D eigenvalue weighted by molar-refractivity contribution is 6.18. The maximum Gasteiger partial charge on any atom is 0.0976 e. The fourth-order valence-electron chi connectivity index (χ4n) is 13.0. The van der Waals surface area contributed by atoms with Crippen molar-refractivity contribution in [3.63, 3.8) is 0 Å². The molecule has 368 valence electrons. The van der Waals surface area contributed by atoms with Crippen LogP contribution in [0.15, 0.2) is 200 Å². The molecule has 0 aliphatic rings. The van der Waals surface area contributed by atoms with Crippen LogP contribution in [0, 0.1) is 48.5 Å². The van der Waals surface area contributed by atoms with Crippen LogP contribution in [0.1, 0.15) is 39.3 Å². The first kappa shape index (κ1) is 44.9. The van der Waals surface area contributed by atoms with E-state index in [4.69, 9.17) is 9.97 Å². The number of hydrogen-bond donors (Lipinski definition) is 0. The smallest absolute Gasteiger partial charge is 0.0976 e. The number of nitrogens with zero attached hydrogens (tertiary/aromatic N) is 6. The molecular weight excluding hydrogens is 937 g/mol. The number of hydrogen-bond acceptors (Lipinski definition) is 2. The lowest BCUT2D eigenvalue weighted by molar-refractivity contribution is 1.02. The minimum atomic E-state index is 0.869. The average Bonchev–Trinajstić information content (AvgIpc) is 4.16. The number of benzene rings is 9. The Bertz CT molecular complexity index is 5010. The molecule has 77 heavy (non-hydrogen) atoms. The Balaban J connectivity index is 1.37. The van der Waals surface area contributed by atoms with Crippen molar-refractivity contribution in [3.8, 4) is 45.1 Å². The van der Waals surface area contributed by atoms with Gasteiger partial charge in [-0.3, -0.25) is 9.97 Å². The van der Waals surface area contributed by atoms with Crippen molar-refractivity contribution in [2.75, 3.05) is 0 Å². The first-order chi connectivity index (χ1) is 37.6. The summed E-state index contributed by atoms with van der Waals surface area (Å²) >= 11 is 0. The first-order valence-electron chi connectivity index (χ1n) is 26.7. The zero-order valence-corrected chi connectivity index (χ0v) is 44.2. The molecule has 0 aliphatic heterocycles. The zero-order chi connectivity index (χ0) is 52.0. The van der Waals surface area contributed by atoms with E-state index in [-0.39, 0.29) is 0 Å². The summed E-state index contributed by atoms with van der Waals surface area (Å²) in [4.78, 5) is 11.1. The number of aromatic nitrogens is 6. The molecule has 6 heteroatoms. The highest BCUT2D eigenvalue weighted by atomic mass is 15.1. The van der Waals surface area contributed by atoms with E-state index in [0.29, 0.717) is 0 Å². The topological polar surface area (TPSA) is 45.5 Å². The van der Waals surface area contributed by atoms with Crippen LogP contribution in [-0.2, 0) is 0 Å². The normalized spacial score (nSPS) is 12.1. The second-order valence-electron chi connectivity index (χ2n) is 21.4. The summed E-state index contributed by atoms with van der Waals surface area (Å²) in [6.07, 6.45) is 0. The van der Waals surface area contributed by atoms with Crippen molar-refractivity contribution in [1.29, 1.82) is 0 Å². The van der Waals surface area contributed by atoms with Crippen LogP contribution in [0.25, 0.3) is 132 Å². The van der Waals surface area contributed by atoms with Crippen LogP contribution < -0.4 is 0 Å². The van der Waals surface area contributed by atoms with Crippen LogP contribution in [0.5, 0.6) is 0 Å². The van der Waals surface area contributed by atoms with Gasteiger partial charge in [0.25, 0.3) is 0 Å². The quantitative estimate of drug-likeness (QED) is 0.167. The Morgan fingerprint density at radius 1 is 0.260 bits per heavy atom. The number of para-hydroxylation sites is 4. The van der Waals surface area contributed by atoms with Gasteiger partial charge in [-0.15, -0.1) is 0 Å². The third-order valence-electron chi connectivity index (χ3n) is 16.2. The Morgan fingerprint density at radius 2 is 0.597 bits per heavy atom. The Kier molecular flexibility index (Phi) is 9.77. The van der Waals surface area contributed by atoms with Crippen molar-refractivity contribution in [2.45, 2.75) is 48.5 Å². The summed E-state index contributed by atoms with van der Waals surface area (Å²) in [5, 5.41) is 9.52. The monoisotopic (exact) mass is 990 g/mol. The van der Waals surface area contributed by atoms with E-state index in [2.05, 4.69) is 267 Å². The lowest BCUT2D eigenvalue weighted by Gasteiger charge is -2.31. The van der Waals surface area contributed by atoms with Gasteiger partial charge in [0.15, 0.2) is 0 Å². The third kappa shape index (κ3) is 6.55. The van der Waals surface area contributed by atoms with Crippen molar-refractivity contribution in [1.82, 2.24) is 28.2 Å². The van der Waals surface area contributed by atoms with Gasteiger partial charge in [-0.25, -0.2) is 0 Å². The van der Waals surface area contributed by atoms with Gasteiger partial charge in [0.2, 0.25) is 0 Å². The summed E-state index contributed by atoms with van der Waals surface area (Å²) in [7, 11) is 0. The van der Waals surface area contributed by atoms with E-state index in [1.54, 1.807) is 0 Å². The van der Waals surface area contributed by atoms with Crippen LogP contribution in [-0.4, -0.2) is 28.2 Å². The van der Waals surface area contributed by atoms with Crippen LogP contribution in [0.3, 0.4) is 0 Å².